The van der Waals surface area contributed by atoms with Gasteiger partial charge in [-0.3, -0.25) is 14.6 Å². The molecule has 4 N–H and O–H groups in total. The molecule has 0 saturated heterocycles. The lowest BCUT2D eigenvalue weighted by molar-refractivity contribution is -0.135. The first-order valence-corrected chi connectivity index (χ1v) is 26.4. The smallest absolute Gasteiger partial charge is 0.346 e. The molecular weight excluding hydrogens is 967 g/mol. The maximum absolute atomic E-state index is 14.4. The van der Waals surface area contributed by atoms with Crippen molar-refractivity contribution in [2.45, 2.75) is 76.5 Å². The van der Waals surface area contributed by atoms with E-state index in [2.05, 4.69) is 62.6 Å². The Labute approximate surface area is 449 Å². The van der Waals surface area contributed by atoms with Crippen LogP contribution in [0.25, 0.3) is 0 Å². The van der Waals surface area contributed by atoms with Crippen molar-refractivity contribution in [2.75, 3.05) is 23.7 Å². The van der Waals surface area contributed by atoms with E-state index < -0.39 is 24.0 Å². The fourth-order valence-corrected chi connectivity index (χ4v) is 10.8. The Morgan fingerprint density at radius 1 is 0.494 bits per heavy atom. The molecule has 392 valence electrons. The number of pyridine rings is 1. The molecule has 14 nitrogen and oxygen atoms in total. The number of nitrogens with zero attached hydrogens (tertiary/aromatic N) is 3. The molecule has 2 aliphatic carbocycles. The van der Waals surface area contributed by atoms with E-state index >= 15 is 0 Å². The van der Waals surface area contributed by atoms with Crippen molar-refractivity contribution in [2.24, 2.45) is 11.8 Å². The summed E-state index contributed by atoms with van der Waals surface area (Å²) < 4.78 is 5.24. The summed E-state index contributed by atoms with van der Waals surface area (Å²) in [5.41, 5.74) is 7.04. The lowest BCUT2D eigenvalue weighted by Crippen LogP contribution is -2.50. The molecule has 1 fully saturated rings. The van der Waals surface area contributed by atoms with E-state index in [4.69, 9.17) is 4.74 Å². The molecule has 0 bridgehead atoms. The van der Waals surface area contributed by atoms with Crippen molar-refractivity contribution in [3.05, 3.63) is 233 Å². The highest BCUT2D eigenvalue weighted by atomic mass is 16.6. The predicted octanol–water partition coefficient (Wildman–Crippen LogP) is 10.7. The zero-order chi connectivity index (χ0) is 53.3. The van der Waals surface area contributed by atoms with Crippen LogP contribution in [0.5, 0.6) is 0 Å². The number of ether oxygens (including phenoxy) is 1. The van der Waals surface area contributed by atoms with E-state index in [-0.39, 0.29) is 71.3 Å². The number of carbonyl (C=O) groups is 6. The van der Waals surface area contributed by atoms with Crippen molar-refractivity contribution in [3.63, 3.8) is 0 Å². The highest BCUT2D eigenvalue weighted by Crippen LogP contribution is 2.41. The molecule has 6 amide bonds. The fourth-order valence-electron chi connectivity index (χ4n) is 10.8. The van der Waals surface area contributed by atoms with Crippen LogP contribution in [0, 0.1) is 11.8 Å². The first-order chi connectivity index (χ1) is 37.6. The average molecular weight is 1030 g/mol. The molecular formula is C63H63N7O7. The molecule has 6 aromatic carbocycles. The molecule has 77 heavy (non-hydrogen) atoms. The minimum absolute atomic E-state index is 0.00137. The second kappa shape index (κ2) is 26.0. The predicted molar refractivity (Wildman–Crippen MR) is 295 cm³/mol. The van der Waals surface area contributed by atoms with E-state index in [9.17, 15) is 28.8 Å². The second-order valence-corrected chi connectivity index (χ2v) is 19.8. The molecule has 14 heteroatoms. The summed E-state index contributed by atoms with van der Waals surface area (Å²) in [4.78, 5) is 89.8. The summed E-state index contributed by atoms with van der Waals surface area (Å²) in [7, 11) is 0. The maximum Gasteiger partial charge on any atom is 0.346 e. The molecule has 4 atom stereocenters. The van der Waals surface area contributed by atoms with Gasteiger partial charge in [0.1, 0.15) is 0 Å². The van der Waals surface area contributed by atoms with Gasteiger partial charge in [0.25, 0.3) is 0 Å². The number of esters is 2. The lowest BCUT2D eigenvalue weighted by Gasteiger charge is -2.42. The number of aryl methyl sites for hydroxylation is 1. The number of benzene rings is 6. The molecule has 0 spiro atoms. The monoisotopic (exact) mass is 1030 g/mol. The van der Waals surface area contributed by atoms with Crippen molar-refractivity contribution in [1.82, 2.24) is 25.4 Å². The number of aromatic nitrogens is 1. The maximum atomic E-state index is 14.4. The molecule has 4 unspecified atom stereocenters. The van der Waals surface area contributed by atoms with Crippen LogP contribution in [0.3, 0.4) is 0 Å². The molecule has 1 saturated carbocycles. The van der Waals surface area contributed by atoms with Crippen LogP contribution in [-0.4, -0.2) is 69.7 Å². The summed E-state index contributed by atoms with van der Waals surface area (Å²) in [5.74, 6) is -2.03. The van der Waals surface area contributed by atoms with E-state index in [1.165, 1.54) is 53.1 Å². The van der Waals surface area contributed by atoms with Crippen LogP contribution in [0.2, 0.25) is 0 Å². The van der Waals surface area contributed by atoms with Gasteiger partial charge in [0.05, 0.1) is 30.3 Å². The van der Waals surface area contributed by atoms with Crippen LogP contribution in [-0.2, 0) is 46.7 Å². The third-order valence-electron chi connectivity index (χ3n) is 14.5. The van der Waals surface area contributed by atoms with Crippen molar-refractivity contribution >= 4 is 47.2 Å². The van der Waals surface area contributed by atoms with E-state index in [0.29, 0.717) is 13.1 Å². The number of hydrogen-bond donors (Lipinski definition) is 4. The minimum Gasteiger partial charge on any atom is -0.386 e. The zero-order valence-electron chi connectivity index (χ0n) is 42.9. The molecule has 1 heterocycles. The Hall–Kier alpha value is -8.91. The number of amides is 6. The van der Waals surface area contributed by atoms with Gasteiger partial charge in [-0.1, -0.05) is 140 Å². The van der Waals surface area contributed by atoms with Gasteiger partial charge >= 0.3 is 24.0 Å². The van der Waals surface area contributed by atoms with Gasteiger partial charge in [-0.25, -0.2) is 19.2 Å². The zero-order valence-corrected chi connectivity index (χ0v) is 42.9. The van der Waals surface area contributed by atoms with E-state index in [0.717, 1.165) is 68.1 Å². The van der Waals surface area contributed by atoms with Crippen molar-refractivity contribution < 1.29 is 33.5 Å². The van der Waals surface area contributed by atoms with Crippen molar-refractivity contribution in [1.29, 1.82) is 0 Å². The summed E-state index contributed by atoms with van der Waals surface area (Å²) in [6, 6.07) is 52.7. The summed E-state index contributed by atoms with van der Waals surface area (Å²) in [6.07, 6.45) is 10.8. The molecule has 0 aliphatic heterocycles. The molecule has 1 aromatic heterocycles. The summed E-state index contributed by atoms with van der Waals surface area (Å²) in [5, 5.41) is 10.8. The Kier molecular flexibility index (Phi) is 17.9. The lowest BCUT2D eigenvalue weighted by atomic mass is 9.76. The number of anilines is 2. The minimum atomic E-state index is -0.975. The Morgan fingerprint density at radius 3 is 1.58 bits per heavy atom. The Balaban J connectivity index is 0.792. The number of urea groups is 2. The van der Waals surface area contributed by atoms with Crippen LogP contribution in [0.15, 0.2) is 188 Å². The van der Waals surface area contributed by atoms with Crippen LogP contribution in [0.1, 0.15) is 92.2 Å². The van der Waals surface area contributed by atoms with Gasteiger partial charge in [-0.05, 0) is 132 Å². The fraction of sp³-hybridized carbons (Fsp3) is 0.254. The highest BCUT2D eigenvalue weighted by Gasteiger charge is 2.37. The van der Waals surface area contributed by atoms with Crippen LogP contribution >= 0.6 is 0 Å². The van der Waals surface area contributed by atoms with Gasteiger partial charge in [-0.2, -0.15) is 0 Å². The van der Waals surface area contributed by atoms with Crippen LogP contribution < -0.4 is 21.3 Å². The first-order valence-electron chi connectivity index (χ1n) is 26.4. The number of nitrogens with one attached hydrogen (secondary N) is 4. The van der Waals surface area contributed by atoms with Gasteiger partial charge in [-0.15, -0.1) is 0 Å². The third-order valence-corrected chi connectivity index (χ3v) is 14.5. The number of fused-ring (bicyclic) bond motifs is 1. The van der Waals surface area contributed by atoms with Gasteiger partial charge < -0.3 is 35.8 Å². The normalized spacial score (nSPS) is 16.6. The van der Waals surface area contributed by atoms with Gasteiger partial charge in [0.15, 0.2) is 0 Å². The van der Waals surface area contributed by atoms with Gasteiger partial charge in [0.2, 0.25) is 11.8 Å². The SMILES string of the molecule is O=C(NCC(=O)N(Cc1ccccc1)C1CCCCC1Cc1ccccc1)Nc1cccc(C(=O)OC(=O)c2cccc(NC(=O)NCC(=O)N(Cc3ccncc3)C3c4ccccc4CCC3Cc3ccccc3)c2)c1. The molecule has 7 aromatic rings. The number of hydrogen-bond acceptors (Lipinski definition) is 8. The standard InChI is InChI=1S/C63H63N7O7/c71-57(69(42-46-20-8-3-9-21-46)56-29-13-11-23-49(56)36-44-16-4-1-5-17-44)40-65-62(75)67-53-26-14-24-51(38-53)60(73)77-61(74)52-25-15-27-54(39-52)68-63(76)66-41-58(72)70(43-47-32-34-64-35-33-47)59-50(37-45-18-6-2-7-19-45)31-30-48-22-10-12-28-55(48)59/h1-10,12,14-22,24-28,32-35,38-39,49-50,56,59H,11,13,23,29-31,36-37,40-43H2,(H2,65,67,75)(H2,66,68,76). The number of carbonyl (C=O) groups excluding carboxylic acids is 6. The van der Waals surface area contributed by atoms with Gasteiger partial charge in [0, 0.05) is 42.9 Å². The van der Waals surface area contributed by atoms with Crippen LogP contribution in [0.4, 0.5) is 21.0 Å². The molecule has 0 radical (unpaired) electrons. The van der Waals surface area contributed by atoms with E-state index in [1.807, 2.05) is 101 Å². The van der Waals surface area contributed by atoms with Crippen molar-refractivity contribution in [3.8, 4) is 0 Å². The quantitative estimate of drug-likeness (QED) is 0.0484. The third kappa shape index (κ3) is 14.5. The Morgan fingerprint density at radius 2 is 0.987 bits per heavy atom. The topological polar surface area (TPSA) is 179 Å². The van der Waals surface area contributed by atoms with E-state index in [1.54, 1.807) is 24.5 Å². The summed E-state index contributed by atoms with van der Waals surface area (Å²) in [6.45, 7) is 0.180. The first kappa shape index (κ1) is 52.9. The molecule has 2 aliphatic rings. The highest BCUT2D eigenvalue weighted by molar-refractivity contribution is 6.04. The Bertz CT molecular complexity index is 3140. The molecule has 9 rings (SSSR count). The largest absolute Gasteiger partial charge is 0.386 e. The number of rotatable bonds is 18. The average Bonchev–Trinajstić information content (AvgIpc) is 3.49. The second-order valence-electron chi connectivity index (χ2n) is 19.8. The summed E-state index contributed by atoms with van der Waals surface area (Å²) >= 11 is 0.